The number of fused-ring (bicyclic) bond motifs is 1. The van der Waals surface area contributed by atoms with Gasteiger partial charge in [-0.3, -0.25) is 14.5 Å². The molecule has 2 heterocycles. The van der Waals surface area contributed by atoms with Crippen LogP contribution in [0.2, 0.25) is 0 Å². The van der Waals surface area contributed by atoms with Crippen molar-refractivity contribution in [2.75, 3.05) is 25.0 Å². The van der Waals surface area contributed by atoms with Crippen molar-refractivity contribution >= 4 is 22.4 Å². The Hall–Kier alpha value is -3.12. The van der Waals surface area contributed by atoms with E-state index in [4.69, 9.17) is 9.15 Å². The predicted molar refractivity (Wildman–Crippen MR) is 117 cm³/mol. The highest BCUT2D eigenvalue weighted by molar-refractivity contribution is 6.02. The van der Waals surface area contributed by atoms with Gasteiger partial charge in [0.1, 0.15) is 12.0 Å². The number of ether oxygens (including phenoxy) is 1. The van der Waals surface area contributed by atoms with E-state index in [1.54, 1.807) is 0 Å². The zero-order valence-corrected chi connectivity index (χ0v) is 16.9. The summed E-state index contributed by atoms with van der Waals surface area (Å²) in [5.74, 6) is 0.330. The molecule has 1 aromatic heterocycles. The molecule has 0 spiro atoms. The number of likely N-dealkylation sites (tertiary alicyclic amines) is 1. The van der Waals surface area contributed by atoms with Crippen molar-refractivity contribution in [2.24, 2.45) is 0 Å². The Bertz CT molecular complexity index is 1060. The maximum absolute atomic E-state index is 12.4. The van der Waals surface area contributed by atoms with Crippen LogP contribution in [-0.2, 0) is 11.3 Å². The van der Waals surface area contributed by atoms with Crippen LogP contribution in [0.5, 0.6) is 5.75 Å². The van der Waals surface area contributed by atoms with Gasteiger partial charge in [-0.1, -0.05) is 49.2 Å². The first-order valence-corrected chi connectivity index (χ1v) is 10.4. The molecule has 156 valence electrons. The fraction of sp³-hybridized carbons (Fsp3) is 0.333. The van der Waals surface area contributed by atoms with Gasteiger partial charge in [0.2, 0.25) is 11.2 Å². The zero-order chi connectivity index (χ0) is 20.8. The average molecular weight is 406 g/mol. The Balaban J connectivity index is 1.35. The number of nitrogens with one attached hydrogen (secondary N) is 1. The van der Waals surface area contributed by atoms with Gasteiger partial charge in [0, 0.05) is 17.1 Å². The number of anilines is 1. The largest absolute Gasteiger partial charge is 0.477 e. The van der Waals surface area contributed by atoms with Gasteiger partial charge in [0.15, 0.2) is 6.61 Å². The first-order chi connectivity index (χ1) is 14.7. The lowest BCUT2D eigenvalue weighted by Gasteiger charge is -2.18. The van der Waals surface area contributed by atoms with E-state index in [0.29, 0.717) is 18.0 Å². The van der Waals surface area contributed by atoms with Crippen molar-refractivity contribution in [1.82, 2.24) is 4.90 Å². The highest BCUT2D eigenvalue weighted by atomic mass is 16.5. The molecule has 4 rings (SSSR count). The molecule has 0 radical (unpaired) electrons. The first kappa shape index (κ1) is 20.2. The van der Waals surface area contributed by atoms with Crippen LogP contribution in [0.25, 0.3) is 10.8 Å². The Kier molecular flexibility index (Phi) is 6.44. The number of rotatable bonds is 6. The molecule has 6 heteroatoms. The van der Waals surface area contributed by atoms with Gasteiger partial charge in [-0.15, -0.1) is 0 Å². The molecule has 0 bridgehead atoms. The third-order valence-electron chi connectivity index (χ3n) is 5.35. The van der Waals surface area contributed by atoms with E-state index < -0.39 is 0 Å². The van der Waals surface area contributed by atoms with Crippen LogP contribution >= 0.6 is 0 Å². The second-order valence-electron chi connectivity index (χ2n) is 7.63. The van der Waals surface area contributed by atoms with Crippen LogP contribution in [0.4, 0.5) is 5.69 Å². The van der Waals surface area contributed by atoms with Crippen LogP contribution in [0.3, 0.4) is 0 Å². The highest BCUT2D eigenvalue weighted by Gasteiger charge is 2.13. The van der Waals surface area contributed by atoms with Crippen LogP contribution in [0.1, 0.15) is 31.4 Å². The van der Waals surface area contributed by atoms with E-state index in [2.05, 4.69) is 10.2 Å². The Morgan fingerprint density at radius 3 is 2.60 bits per heavy atom. The van der Waals surface area contributed by atoms with Crippen molar-refractivity contribution in [1.29, 1.82) is 0 Å². The predicted octanol–water partition coefficient (Wildman–Crippen LogP) is 4.19. The summed E-state index contributed by atoms with van der Waals surface area (Å²) in [6, 6.07) is 15.0. The molecular weight excluding hydrogens is 380 g/mol. The van der Waals surface area contributed by atoms with Crippen LogP contribution in [0, 0.1) is 0 Å². The van der Waals surface area contributed by atoms with Gasteiger partial charge < -0.3 is 14.5 Å². The fourth-order valence-electron chi connectivity index (χ4n) is 3.81. The monoisotopic (exact) mass is 406 g/mol. The topological polar surface area (TPSA) is 71.8 Å². The van der Waals surface area contributed by atoms with E-state index >= 15 is 0 Å². The molecule has 1 amide bonds. The van der Waals surface area contributed by atoms with E-state index in [1.165, 1.54) is 38.0 Å². The number of carbonyl (C=O) groups is 1. The SMILES string of the molecule is O=C(COc1coc(CN2CCCCCC2)cc1=O)Nc1cccc2ccccc12. The van der Waals surface area contributed by atoms with Crippen LogP contribution in [0.15, 0.2) is 64.0 Å². The van der Waals surface area contributed by atoms with Crippen molar-refractivity contribution < 1.29 is 13.9 Å². The van der Waals surface area contributed by atoms with Crippen molar-refractivity contribution in [3.8, 4) is 5.75 Å². The minimum atomic E-state index is -0.334. The summed E-state index contributed by atoms with van der Waals surface area (Å²) in [4.78, 5) is 27.0. The van der Waals surface area contributed by atoms with Gasteiger partial charge in [-0.05, 0) is 37.4 Å². The van der Waals surface area contributed by atoms with Crippen molar-refractivity contribution in [3.05, 3.63) is 70.8 Å². The second-order valence-corrected chi connectivity index (χ2v) is 7.63. The molecular formula is C24H26N2O4. The van der Waals surface area contributed by atoms with E-state index in [-0.39, 0.29) is 23.7 Å². The highest BCUT2D eigenvalue weighted by Crippen LogP contribution is 2.23. The summed E-state index contributed by atoms with van der Waals surface area (Å²) >= 11 is 0. The van der Waals surface area contributed by atoms with Gasteiger partial charge in [0.05, 0.1) is 6.54 Å². The summed E-state index contributed by atoms with van der Waals surface area (Å²) in [5, 5.41) is 4.83. The Morgan fingerprint density at radius 1 is 1.03 bits per heavy atom. The van der Waals surface area contributed by atoms with Gasteiger partial charge >= 0.3 is 0 Å². The second kappa shape index (κ2) is 9.59. The van der Waals surface area contributed by atoms with Crippen LogP contribution in [-0.4, -0.2) is 30.5 Å². The zero-order valence-electron chi connectivity index (χ0n) is 16.9. The lowest BCUT2D eigenvalue weighted by atomic mass is 10.1. The Labute approximate surface area is 175 Å². The smallest absolute Gasteiger partial charge is 0.262 e. The molecule has 0 aliphatic carbocycles. The molecule has 1 aliphatic rings. The number of benzene rings is 2. The molecule has 1 saturated heterocycles. The molecule has 1 N–H and O–H groups in total. The number of hydrogen-bond donors (Lipinski definition) is 1. The van der Waals surface area contributed by atoms with Gasteiger partial charge in [-0.25, -0.2) is 0 Å². The minimum absolute atomic E-state index is 0.0442. The molecule has 3 aromatic rings. The van der Waals surface area contributed by atoms with E-state index in [9.17, 15) is 9.59 Å². The van der Waals surface area contributed by atoms with Crippen molar-refractivity contribution in [3.63, 3.8) is 0 Å². The Morgan fingerprint density at radius 2 is 1.80 bits per heavy atom. The lowest BCUT2D eigenvalue weighted by molar-refractivity contribution is -0.118. The molecule has 0 atom stereocenters. The van der Waals surface area contributed by atoms with Gasteiger partial charge in [-0.2, -0.15) is 0 Å². The molecule has 2 aromatic carbocycles. The maximum Gasteiger partial charge on any atom is 0.262 e. The third kappa shape index (κ3) is 5.07. The number of amides is 1. The molecule has 1 aliphatic heterocycles. The van der Waals surface area contributed by atoms with Gasteiger partial charge in [0.25, 0.3) is 5.91 Å². The fourth-order valence-corrected chi connectivity index (χ4v) is 3.81. The summed E-state index contributed by atoms with van der Waals surface area (Å²) < 4.78 is 11.0. The molecule has 6 nitrogen and oxygen atoms in total. The van der Waals surface area contributed by atoms with Crippen molar-refractivity contribution in [2.45, 2.75) is 32.2 Å². The standard InChI is InChI=1S/C24H26N2O4/c27-22-14-19(15-26-12-5-1-2-6-13-26)29-16-23(22)30-17-24(28)25-21-11-7-9-18-8-3-4-10-20(18)21/h3-4,7-11,14,16H,1-2,5-6,12-13,15,17H2,(H,25,28). The molecule has 0 saturated carbocycles. The van der Waals surface area contributed by atoms with E-state index in [1.807, 2.05) is 42.5 Å². The summed E-state index contributed by atoms with van der Waals surface area (Å²) in [7, 11) is 0. The maximum atomic E-state index is 12.4. The minimum Gasteiger partial charge on any atom is -0.477 e. The molecule has 30 heavy (non-hydrogen) atoms. The summed E-state index contributed by atoms with van der Waals surface area (Å²) in [5.41, 5.74) is 0.436. The summed E-state index contributed by atoms with van der Waals surface area (Å²) in [6.07, 6.45) is 6.18. The third-order valence-corrected chi connectivity index (χ3v) is 5.35. The number of carbonyl (C=O) groups excluding carboxylic acids is 1. The van der Waals surface area contributed by atoms with E-state index in [0.717, 1.165) is 23.9 Å². The van der Waals surface area contributed by atoms with Crippen LogP contribution < -0.4 is 15.5 Å². The lowest BCUT2D eigenvalue weighted by Crippen LogP contribution is -2.25. The number of hydrogen-bond acceptors (Lipinski definition) is 5. The first-order valence-electron chi connectivity index (χ1n) is 10.4. The quantitative estimate of drug-likeness (QED) is 0.665. The molecule has 0 unspecified atom stereocenters. The average Bonchev–Trinajstić information content (AvgIpc) is 3.02. The normalized spacial score (nSPS) is 14.9. The number of nitrogens with zero attached hydrogens (tertiary/aromatic N) is 1. The summed E-state index contributed by atoms with van der Waals surface area (Å²) in [6.45, 7) is 2.41. The molecule has 1 fully saturated rings.